The highest BCUT2D eigenvalue weighted by Crippen LogP contribution is 2.39. The summed E-state index contributed by atoms with van der Waals surface area (Å²) in [4.78, 5) is 0.813. The first-order valence-electron chi connectivity index (χ1n) is 5.30. The maximum Gasteiger partial charge on any atom is 0.446 e. The van der Waals surface area contributed by atoms with Crippen molar-refractivity contribution >= 4 is 44.9 Å². The molecule has 0 aliphatic carbocycles. The minimum atomic E-state index is -4.31. The molecule has 0 bridgehead atoms. The minimum absolute atomic E-state index is 0.0502. The van der Waals surface area contributed by atoms with Gasteiger partial charge < -0.3 is 0 Å². The molecule has 0 amide bonds. The minimum Gasteiger partial charge on any atom is -0.224 e. The van der Waals surface area contributed by atoms with Crippen LogP contribution in [0.3, 0.4) is 0 Å². The molecule has 3 nitrogen and oxygen atoms in total. The van der Waals surface area contributed by atoms with Gasteiger partial charge in [0.05, 0.1) is 4.21 Å². The number of benzene rings is 1. The standard InChI is InChI=1S/C11H8F3NO2S4/c12-11(13,14)20-8-3-1-7(2-4-8)18-9-5-6-10(19-9)21(15,16)17/h1-6H,(H2,15,16,17). The second kappa shape index (κ2) is 6.21. The highest BCUT2D eigenvalue weighted by molar-refractivity contribution is 8.01. The topological polar surface area (TPSA) is 60.2 Å². The zero-order chi connectivity index (χ0) is 15.7. The Labute approximate surface area is 131 Å². The molecule has 0 aliphatic heterocycles. The number of alkyl halides is 3. The number of thiophene rings is 1. The van der Waals surface area contributed by atoms with E-state index in [1.165, 1.54) is 30.0 Å². The largest absolute Gasteiger partial charge is 0.446 e. The van der Waals surface area contributed by atoms with Gasteiger partial charge in [-0.1, -0.05) is 11.8 Å². The molecule has 0 spiro atoms. The van der Waals surface area contributed by atoms with Crippen molar-refractivity contribution in [3.8, 4) is 0 Å². The summed E-state index contributed by atoms with van der Waals surface area (Å²) in [6.45, 7) is 0. The lowest BCUT2D eigenvalue weighted by molar-refractivity contribution is -0.0328. The Bertz CT molecular complexity index is 723. The van der Waals surface area contributed by atoms with E-state index in [2.05, 4.69) is 0 Å². The summed E-state index contributed by atoms with van der Waals surface area (Å²) in [6, 6.07) is 8.84. The number of nitrogens with two attached hydrogens (primary N) is 1. The van der Waals surface area contributed by atoms with E-state index in [1.54, 1.807) is 18.2 Å². The van der Waals surface area contributed by atoms with E-state index in [0.29, 0.717) is 9.10 Å². The Morgan fingerprint density at radius 1 is 1.00 bits per heavy atom. The lowest BCUT2D eigenvalue weighted by atomic mass is 10.4. The average molecular weight is 371 g/mol. The van der Waals surface area contributed by atoms with Gasteiger partial charge in [-0.05, 0) is 48.2 Å². The molecule has 0 aliphatic rings. The van der Waals surface area contributed by atoms with Crippen molar-refractivity contribution in [1.82, 2.24) is 0 Å². The maximum absolute atomic E-state index is 12.2. The van der Waals surface area contributed by atoms with Crippen molar-refractivity contribution in [1.29, 1.82) is 0 Å². The molecular formula is C11H8F3NO2S4. The van der Waals surface area contributed by atoms with E-state index in [4.69, 9.17) is 5.14 Å². The van der Waals surface area contributed by atoms with Gasteiger partial charge in [0.2, 0.25) is 10.0 Å². The molecule has 2 rings (SSSR count). The fraction of sp³-hybridized carbons (Fsp3) is 0.0909. The van der Waals surface area contributed by atoms with E-state index in [0.717, 1.165) is 11.3 Å². The fourth-order valence-corrected chi connectivity index (χ4v) is 4.86. The van der Waals surface area contributed by atoms with Crippen molar-refractivity contribution in [3.63, 3.8) is 0 Å². The lowest BCUT2D eigenvalue weighted by Crippen LogP contribution is -2.09. The van der Waals surface area contributed by atoms with Crippen LogP contribution in [0.1, 0.15) is 0 Å². The van der Waals surface area contributed by atoms with Crippen LogP contribution < -0.4 is 5.14 Å². The predicted molar refractivity (Wildman–Crippen MR) is 78.2 cm³/mol. The molecule has 1 heterocycles. The van der Waals surface area contributed by atoms with Gasteiger partial charge in [-0.3, -0.25) is 0 Å². The van der Waals surface area contributed by atoms with Crippen molar-refractivity contribution in [2.45, 2.75) is 23.7 Å². The number of primary sulfonamides is 1. The molecule has 0 radical (unpaired) electrons. The molecule has 0 fully saturated rings. The third-order valence-corrected chi connectivity index (χ3v) is 6.52. The first kappa shape index (κ1) is 16.7. The molecule has 2 N–H and O–H groups in total. The monoisotopic (exact) mass is 371 g/mol. The molecule has 10 heteroatoms. The Morgan fingerprint density at radius 2 is 1.57 bits per heavy atom. The Kier molecular flexibility index (Phi) is 4.93. The summed E-state index contributed by atoms with van der Waals surface area (Å²) in [7, 11) is -3.72. The average Bonchev–Trinajstić information content (AvgIpc) is 2.78. The smallest absolute Gasteiger partial charge is 0.224 e. The molecule has 1 aromatic carbocycles. The van der Waals surface area contributed by atoms with Crippen LogP contribution in [0.25, 0.3) is 0 Å². The van der Waals surface area contributed by atoms with Gasteiger partial charge in [-0.15, -0.1) is 11.3 Å². The number of rotatable bonds is 4. The van der Waals surface area contributed by atoms with Gasteiger partial charge in [0.15, 0.2) is 0 Å². The quantitative estimate of drug-likeness (QED) is 0.820. The van der Waals surface area contributed by atoms with Crippen molar-refractivity contribution in [3.05, 3.63) is 36.4 Å². The Morgan fingerprint density at radius 3 is 2.05 bits per heavy atom. The van der Waals surface area contributed by atoms with Gasteiger partial charge in [-0.2, -0.15) is 13.2 Å². The van der Waals surface area contributed by atoms with Crippen molar-refractivity contribution in [2.24, 2.45) is 5.14 Å². The van der Waals surface area contributed by atoms with E-state index >= 15 is 0 Å². The second-order valence-electron chi connectivity index (χ2n) is 3.74. The molecule has 0 saturated carbocycles. The van der Waals surface area contributed by atoms with Crippen LogP contribution in [0.4, 0.5) is 13.2 Å². The molecule has 114 valence electrons. The molecule has 2 aromatic rings. The highest BCUT2D eigenvalue weighted by Gasteiger charge is 2.29. The van der Waals surface area contributed by atoms with Gasteiger partial charge in [0.1, 0.15) is 4.21 Å². The number of sulfonamides is 1. The van der Waals surface area contributed by atoms with Gasteiger partial charge >= 0.3 is 5.51 Å². The van der Waals surface area contributed by atoms with Gasteiger partial charge in [0.25, 0.3) is 0 Å². The van der Waals surface area contributed by atoms with Gasteiger partial charge in [-0.25, -0.2) is 13.6 Å². The first-order valence-corrected chi connectivity index (χ1v) is 9.29. The summed E-state index contributed by atoms with van der Waals surface area (Å²) >= 11 is 2.09. The van der Waals surface area contributed by atoms with Crippen LogP contribution in [0, 0.1) is 0 Å². The molecular weight excluding hydrogens is 363 g/mol. The molecule has 0 unspecified atom stereocenters. The number of hydrogen-bond acceptors (Lipinski definition) is 5. The zero-order valence-corrected chi connectivity index (χ0v) is 13.4. The summed E-state index contributed by atoms with van der Waals surface area (Å²) in [5.41, 5.74) is -4.31. The van der Waals surface area contributed by atoms with E-state index in [1.807, 2.05) is 0 Å². The third kappa shape index (κ3) is 5.22. The summed E-state index contributed by atoms with van der Waals surface area (Å²) in [5.74, 6) is 0. The summed E-state index contributed by atoms with van der Waals surface area (Å²) in [5, 5.41) is 5.01. The number of hydrogen-bond donors (Lipinski definition) is 1. The van der Waals surface area contributed by atoms with Crippen LogP contribution >= 0.6 is 34.9 Å². The van der Waals surface area contributed by atoms with Crippen LogP contribution in [0.15, 0.2) is 54.6 Å². The maximum atomic E-state index is 12.2. The SMILES string of the molecule is NS(=O)(=O)c1ccc(Sc2ccc(SC(F)(F)F)cc2)s1. The van der Waals surface area contributed by atoms with Crippen molar-refractivity contribution < 1.29 is 21.6 Å². The number of thioether (sulfide) groups is 1. The van der Waals surface area contributed by atoms with Crippen LogP contribution in [-0.2, 0) is 10.0 Å². The fourth-order valence-electron chi connectivity index (χ4n) is 1.34. The predicted octanol–water partition coefficient (Wildman–Crippen LogP) is 4.16. The first-order chi connectivity index (χ1) is 9.63. The number of halogens is 3. The van der Waals surface area contributed by atoms with Crippen LogP contribution in [0.5, 0.6) is 0 Å². The molecule has 0 saturated heterocycles. The van der Waals surface area contributed by atoms with E-state index in [9.17, 15) is 21.6 Å². The van der Waals surface area contributed by atoms with Crippen LogP contribution in [0.2, 0.25) is 0 Å². The molecule has 1 aromatic heterocycles. The Balaban J connectivity index is 2.09. The Hall–Kier alpha value is -0.680. The lowest BCUT2D eigenvalue weighted by Gasteiger charge is -2.05. The second-order valence-corrected chi connectivity index (χ2v) is 9.12. The molecule has 21 heavy (non-hydrogen) atoms. The van der Waals surface area contributed by atoms with E-state index in [-0.39, 0.29) is 20.9 Å². The van der Waals surface area contributed by atoms with Crippen molar-refractivity contribution in [2.75, 3.05) is 0 Å². The van der Waals surface area contributed by atoms with Gasteiger partial charge in [0, 0.05) is 9.79 Å². The van der Waals surface area contributed by atoms with Crippen LogP contribution in [-0.4, -0.2) is 13.9 Å². The highest BCUT2D eigenvalue weighted by atomic mass is 32.3. The molecule has 0 atom stereocenters. The summed E-state index contributed by atoms with van der Waals surface area (Å²) in [6.07, 6.45) is 0. The third-order valence-electron chi connectivity index (χ3n) is 2.11. The van der Waals surface area contributed by atoms with E-state index < -0.39 is 15.5 Å². The normalized spacial score (nSPS) is 12.6. The summed E-state index contributed by atoms with van der Waals surface area (Å²) < 4.78 is 59.6. The zero-order valence-electron chi connectivity index (χ0n) is 10.1.